The van der Waals surface area contributed by atoms with Crippen LogP contribution < -0.4 is 0 Å². The van der Waals surface area contributed by atoms with Gasteiger partial charge in [0.05, 0.1) is 44.6 Å². The van der Waals surface area contributed by atoms with Crippen molar-refractivity contribution in [3.8, 4) is 0 Å². The zero-order chi connectivity index (χ0) is 25.6. The van der Waals surface area contributed by atoms with E-state index in [0.717, 1.165) is 12.2 Å². The molecule has 0 bridgehead atoms. The van der Waals surface area contributed by atoms with Gasteiger partial charge in [0.25, 0.3) is 0 Å². The third-order valence-corrected chi connectivity index (χ3v) is 7.61. The number of unbranched alkanes of at least 4 members (excludes halogenated alkanes) is 13. The molecule has 1 aliphatic heterocycles. The van der Waals surface area contributed by atoms with Crippen molar-refractivity contribution in [1.29, 1.82) is 0 Å². The van der Waals surface area contributed by atoms with Gasteiger partial charge in [-0.15, -0.1) is 11.8 Å². The first-order chi connectivity index (χ1) is 17.1. The molecular formula is C27H49NO6S. The molecule has 2 amide bonds. The number of amides is 2. The number of nitrogens with zero attached hydrogens (tertiary/aromatic N) is 1. The number of hydrogen-bond acceptors (Lipinski definition) is 6. The van der Waals surface area contributed by atoms with Gasteiger partial charge >= 0.3 is 5.97 Å². The number of carbonyl (C=O) groups is 3. The van der Waals surface area contributed by atoms with Gasteiger partial charge in [-0.1, -0.05) is 90.4 Å². The van der Waals surface area contributed by atoms with E-state index in [9.17, 15) is 14.4 Å². The topological polar surface area (TPSA) is 93.1 Å². The maximum Gasteiger partial charge on any atom is 0.305 e. The van der Waals surface area contributed by atoms with Gasteiger partial charge in [-0.05, 0) is 12.2 Å². The van der Waals surface area contributed by atoms with Crippen molar-refractivity contribution in [2.75, 3.05) is 38.7 Å². The molecule has 0 aromatic rings. The molecular weight excluding hydrogens is 466 g/mol. The molecule has 1 N–H and O–H groups in total. The SMILES string of the molecule is CCCCCCCCCCCCCCCCSC1CC(=O)N(CCOCCOCCC(=O)O)C1=O. The second-order valence-electron chi connectivity index (χ2n) is 9.41. The highest BCUT2D eigenvalue weighted by Gasteiger charge is 2.38. The van der Waals surface area contributed by atoms with E-state index in [0.29, 0.717) is 19.6 Å². The van der Waals surface area contributed by atoms with E-state index in [2.05, 4.69) is 6.92 Å². The highest BCUT2D eigenvalue weighted by atomic mass is 32.2. The lowest BCUT2D eigenvalue weighted by Gasteiger charge is -2.15. The second-order valence-corrected chi connectivity index (χ2v) is 10.7. The molecule has 0 saturated carbocycles. The Kier molecular flexibility index (Phi) is 20.2. The summed E-state index contributed by atoms with van der Waals surface area (Å²) in [6.07, 6.45) is 18.9. The highest BCUT2D eigenvalue weighted by molar-refractivity contribution is 8.00. The van der Waals surface area contributed by atoms with E-state index < -0.39 is 5.97 Å². The molecule has 0 aromatic carbocycles. The maximum atomic E-state index is 12.5. The molecule has 0 radical (unpaired) electrons. The maximum absolute atomic E-state index is 12.5. The van der Waals surface area contributed by atoms with Gasteiger partial charge in [-0.25, -0.2) is 0 Å². The zero-order valence-electron chi connectivity index (χ0n) is 22.0. The van der Waals surface area contributed by atoms with Gasteiger partial charge in [0, 0.05) is 6.42 Å². The molecule has 1 rings (SSSR count). The van der Waals surface area contributed by atoms with Crippen LogP contribution in [0.2, 0.25) is 0 Å². The molecule has 0 aliphatic carbocycles. The van der Waals surface area contributed by atoms with Crippen LogP contribution in [0.4, 0.5) is 0 Å². The normalized spacial score (nSPS) is 15.9. The molecule has 8 heteroatoms. The molecule has 1 atom stereocenters. The Labute approximate surface area is 217 Å². The summed E-state index contributed by atoms with van der Waals surface area (Å²) in [5.74, 6) is -0.171. The van der Waals surface area contributed by atoms with Crippen LogP contribution in [0.5, 0.6) is 0 Å². The van der Waals surface area contributed by atoms with Crippen LogP contribution in [-0.4, -0.2) is 71.8 Å². The summed E-state index contributed by atoms with van der Waals surface area (Å²) >= 11 is 1.62. The lowest BCUT2D eigenvalue weighted by Crippen LogP contribution is -2.34. The molecule has 1 saturated heterocycles. The van der Waals surface area contributed by atoms with Gasteiger partial charge in [0.15, 0.2) is 0 Å². The van der Waals surface area contributed by atoms with Crippen molar-refractivity contribution in [2.24, 2.45) is 0 Å². The van der Waals surface area contributed by atoms with E-state index in [1.165, 1.54) is 88.4 Å². The Morgan fingerprint density at radius 3 is 1.89 bits per heavy atom. The molecule has 1 aliphatic rings. The minimum absolute atomic E-state index is 0.0325. The van der Waals surface area contributed by atoms with E-state index in [1.807, 2.05) is 0 Å². The van der Waals surface area contributed by atoms with Gasteiger partial charge in [-0.3, -0.25) is 19.3 Å². The minimum Gasteiger partial charge on any atom is -0.481 e. The lowest BCUT2D eigenvalue weighted by molar-refractivity contribution is -0.139. The van der Waals surface area contributed by atoms with Crippen LogP contribution in [0.15, 0.2) is 0 Å². The predicted octanol–water partition coefficient (Wildman–Crippen LogP) is 5.84. The van der Waals surface area contributed by atoms with E-state index in [-0.39, 0.29) is 43.2 Å². The Hall–Kier alpha value is -1.12. The summed E-state index contributed by atoms with van der Waals surface area (Å²) in [7, 11) is 0. The number of aliphatic carboxylic acids is 1. The molecule has 35 heavy (non-hydrogen) atoms. The van der Waals surface area contributed by atoms with E-state index in [1.54, 1.807) is 11.8 Å². The Morgan fingerprint density at radius 2 is 1.34 bits per heavy atom. The molecule has 1 unspecified atom stereocenters. The van der Waals surface area contributed by atoms with Crippen LogP contribution in [0.1, 0.15) is 110 Å². The number of thioether (sulfide) groups is 1. The molecule has 1 fully saturated rings. The fourth-order valence-electron chi connectivity index (χ4n) is 4.18. The summed E-state index contributed by atoms with van der Waals surface area (Å²) in [4.78, 5) is 36.4. The van der Waals surface area contributed by atoms with Crippen LogP contribution in [0.3, 0.4) is 0 Å². The van der Waals surface area contributed by atoms with Gasteiger partial charge < -0.3 is 14.6 Å². The van der Waals surface area contributed by atoms with Gasteiger partial charge in [0.1, 0.15) is 0 Å². The molecule has 0 aromatic heterocycles. The second kappa shape index (κ2) is 22.1. The largest absolute Gasteiger partial charge is 0.481 e. The Morgan fingerprint density at radius 1 is 0.829 bits per heavy atom. The van der Waals surface area contributed by atoms with Crippen molar-refractivity contribution in [3.63, 3.8) is 0 Å². The fourth-order valence-corrected chi connectivity index (χ4v) is 5.36. The first-order valence-electron chi connectivity index (χ1n) is 13.9. The monoisotopic (exact) mass is 515 g/mol. The van der Waals surface area contributed by atoms with Crippen molar-refractivity contribution in [2.45, 2.75) is 115 Å². The minimum atomic E-state index is -0.895. The first kappa shape index (κ1) is 31.9. The third-order valence-electron chi connectivity index (χ3n) is 6.31. The summed E-state index contributed by atoms with van der Waals surface area (Å²) in [5.41, 5.74) is 0. The molecule has 0 spiro atoms. The average Bonchev–Trinajstić information content (AvgIpc) is 3.10. The van der Waals surface area contributed by atoms with Crippen LogP contribution in [-0.2, 0) is 23.9 Å². The summed E-state index contributed by atoms with van der Waals surface area (Å²) in [6, 6.07) is 0. The smallest absolute Gasteiger partial charge is 0.305 e. The van der Waals surface area contributed by atoms with E-state index >= 15 is 0 Å². The number of carbonyl (C=O) groups excluding carboxylic acids is 2. The zero-order valence-corrected chi connectivity index (χ0v) is 22.8. The number of hydrogen-bond donors (Lipinski definition) is 1. The van der Waals surface area contributed by atoms with Crippen molar-refractivity contribution < 1.29 is 29.0 Å². The van der Waals surface area contributed by atoms with Gasteiger partial charge in [0.2, 0.25) is 11.8 Å². The number of carboxylic acids is 1. The third kappa shape index (κ3) is 17.1. The Bertz CT molecular complexity index is 574. The van der Waals surface area contributed by atoms with Crippen molar-refractivity contribution >= 4 is 29.5 Å². The number of likely N-dealkylation sites (tertiary alicyclic amines) is 1. The first-order valence-corrected chi connectivity index (χ1v) is 14.9. The Balaban J connectivity index is 1.92. The standard InChI is InChI=1S/C27H49NO6S/c1-2-3-4-5-6-7-8-9-10-11-12-13-14-15-22-35-24-23-25(29)28(27(24)32)17-19-34-21-20-33-18-16-26(30)31/h24H,2-23H2,1H3,(H,30,31). The number of imide groups is 1. The summed E-state index contributed by atoms with van der Waals surface area (Å²) < 4.78 is 10.5. The average molecular weight is 516 g/mol. The van der Waals surface area contributed by atoms with Crippen LogP contribution >= 0.6 is 11.8 Å². The van der Waals surface area contributed by atoms with E-state index in [4.69, 9.17) is 14.6 Å². The number of carboxylic acid groups (broad SMARTS) is 1. The van der Waals surface area contributed by atoms with Crippen molar-refractivity contribution in [1.82, 2.24) is 4.90 Å². The van der Waals surface area contributed by atoms with Crippen LogP contribution in [0, 0.1) is 0 Å². The predicted molar refractivity (Wildman–Crippen MR) is 142 cm³/mol. The molecule has 1 heterocycles. The van der Waals surface area contributed by atoms with Crippen LogP contribution in [0.25, 0.3) is 0 Å². The lowest BCUT2D eigenvalue weighted by atomic mass is 10.0. The van der Waals surface area contributed by atoms with Crippen molar-refractivity contribution in [3.05, 3.63) is 0 Å². The fraction of sp³-hybridized carbons (Fsp3) is 0.889. The summed E-state index contributed by atoms with van der Waals surface area (Å²) in [5, 5.41) is 8.28. The molecule has 7 nitrogen and oxygen atoms in total. The highest BCUT2D eigenvalue weighted by Crippen LogP contribution is 2.26. The number of rotatable bonds is 25. The molecule has 204 valence electrons. The summed E-state index contributed by atoms with van der Waals surface area (Å²) in [6.45, 7) is 3.57. The number of ether oxygens (including phenoxy) is 2. The quantitative estimate of drug-likeness (QED) is 0.121. The van der Waals surface area contributed by atoms with Gasteiger partial charge in [-0.2, -0.15) is 0 Å².